The SMILES string of the molecule is N/C(COc1ccccc1C=NO)=N\O. The molecule has 0 unspecified atom stereocenters. The zero-order valence-corrected chi connectivity index (χ0v) is 7.87. The third kappa shape index (κ3) is 3.18. The van der Waals surface area contributed by atoms with Crippen LogP contribution in [0.15, 0.2) is 34.6 Å². The maximum atomic E-state index is 8.39. The summed E-state index contributed by atoms with van der Waals surface area (Å²) in [4.78, 5) is 0. The number of oxime groups is 2. The number of ether oxygens (including phenoxy) is 1. The predicted molar refractivity (Wildman–Crippen MR) is 54.7 cm³/mol. The van der Waals surface area contributed by atoms with Gasteiger partial charge < -0.3 is 20.9 Å². The van der Waals surface area contributed by atoms with Crippen LogP contribution in [0.5, 0.6) is 5.75 Å². The van der Waals surface area contributed by atoms with Crippen molar-refractivity contribution in [1.82, 2.24) is 0 Å². The van der Waals surface area contributed by atoms with Crippen LogP contribution in [-0.4, -0.2) is 29.1 Å². The highest BCUT2D eigenvalue weighted by Crippen LogP contribution is 2.15. The fraction of sp³-hybridized carbons (Fsp3) is 0.111. The van der Waals surface area contributed by atoms with Crippen molar-refractivity contribution in [2.45, 2.75) is 0 Å². The Morgan fingerprint density at radius 2 is 2.13 bits per heavy atom. The van der Waals surface area contributed by atoms with Crippen LogP contribution in [0.4, 0.5) is 0 Å². The minimum atomic E-state index is -0.0364. The summed E-state index contributed by atoms with van der Waals surface area (Å²) in [7, 11) is 0. The first kappa shape index (κ1) is 10.8. The Kier molecular flexibility index (Phi) is 3.96. The van der Waals surface area contributed by atoms with Gasteiger partial charge in [0.1, 0.15) is 12.4 Å². The number of amidine groups is 1. The van der Waals surface area contributed by atoms with Gasteiger partial charge in [-0.1, -0.05) is 22.4 Å². The van der Waals surface area contributed by atoms with E-state index >= 15 is 0 Å². The molecule has 0 fully saturated rings. The number of nitrogens with zero attached hydrogens (tertiary/aromatic N) is 2. The molecular formula is C9H11N3O3. The first-order valence-corrected chi connectivity index (χ1v) is 4.13. The second-order valence-corrected chi connectivity index (χ2v) is 2.66. The first-order chi connectivity index (χ1) is 7.27. The van der Waals surface area contributed by atoms with Crippen molar-refractivity contribution in [3.05, 3.63) is 29.8 Å². The van der Waals surface area contributed by atoms with E-state index in [4.69, 9.17) is 20.9 Å². The van der Waals surface area contributed by atoms with Crippen molar-refractivity contribution in [3.8, 4) is 5.75 Å². The van der Waals surface area contributed by atoms with E-state index < -0.39 is 0 Å². The quantitative estimate of drug-likeness (QED) is 0.293. The summed E-state index contributed by atoms with van der Waals surface area (Å²) < 4.78 is 5.22. The lowest BCUT2D eigenvalue weighted by molar-refractivity contribution is 0.306. The lowest BCUT2D eigenvalue weighted by Gasteiger charge is -2.06. The van der Waals surface area contributed by atoms with Crippen LogP contribution in [0.3, 0.4) is 0 Å². The summed E-state index contributed by atoms with van der Waals surface area (Å²) in [6.07, 6.45) is 1.24. The maximum Gasteiger partial charge on any atom is 0.177 e. The molecule has 15 heavy (non-hydrogen) atoms. The van der Waals surface area contributed by atoms with Crippen molar-refractivity contribution >= 4 is 12.1 Å². The summed E-state index contributed by atoms with van der Waals surface area (Å²) in [6, 6.07) is 6.92. The molecule has 0 aliphatic heterocycles. The number of rotatable bonds is 4. The van der Waals surface area contributed by atoms with Crippen LogP contribution in [0.1, 0.15) is 5.56 Å². The van der Waals surface area contributed by atoms with Crippen molar-refractivity contribution in [3.63, 3.8) is 0 Å². The molecule has 1 rings (SSSR count). The summed E-state index contributed by atoms with van der Waals surface area (Å²) in [5.74, 6) is 0.452. The lowest BCUT2D eigenvalue weighted by atomic mass is 10.2. The maximum absolute atomic E-state index is 8.39. The minimum absolute atomic E-state index is 0.0349. The Morgan fingerprint density at radius 1 is 1.40 bits per heavy atom. The topological polar surface area (TPSA) is 100 Å². The Balaban J connectivity index is 2.75. The predicted octanol–water partition coefficient (Wildman–Crippen LogP) is 0.620. The monoisotopic (exact) mass is 209 g/mol. The van der Waals surface area contributed by atoms with E-state index in [0.29, 0.717) is 11.3 Å². The third-order valence-corrected chi connectivity index (χ3v) is 1.62. The van der Waals surface area contributed by atoms with E-state index in [2.05, 4.69) is 10.3 Å². The summed E-state index contributed by atoms with van der Waals surface area (Å²) in [6.45, 7) is -0.0349. The molecule has 0 radical (unpaired) electrons. The highest BCUT2D eigenvalue weighted by Gasteiger charge is 2.01. The fourth-order valence-electron chi connectivity index (χ4n) is 0.961. The van der Waals surface area contributed by atoms with Crippen molar-refractivity contribution in [1.29, 1.82) is 0 Å². The van der Waals surface area contributed by atoms with Gasteiger partial charge in [0, 0.05) is 5.56 Å². The van der Waals surface area contributed by atoms with E-state index in [9.17, 15) is 0 Å². The molecule has 0 bridgehead atoms. The van der Waals surface area contributed by atoms with Gasteiger partial charge in [-0.15, -0.1) is 0 Å². The van der Waals surface area contributed by atoms with E-state index in [1.165, 1.54) is 6.21 Å². The van der Waals surface area contributed by atoms with E-state index in [-0.39, 0.29) is 12.4 Å². The average Bonchev–Trinajstić information content (AvgIpc) is 2.28. The Labute approximate surface area is 86.3 Å². The number of nitrogens with two attached hydrogens (primary N) is 1. The molecule has 0 amide bonds. The molecule has 0 aliphatic carbocycles. The van der Waals surface area contributed by atoms with Gasteiger partial charge in [0.15, 0.2) is 5.84 Å². The number of hydrogen-bond donors (Lipinski definition) is 3. The van der Waals surface area contributed by atoms with Crippen molar-refractivity contribution < 1.29 is 15.2 Å². The third-order valence-electron chi connectivity index (χ3n) is 1.62. The van der Waals surface area contributed by atoms with Crippen LogP contribution in [0.2, 0.25) is 0 Å². The summed E-state index contributed by atoms with van der Waals surface area (Å²) >= 11 is 0. The molecule has 0 heterocycles. The Morgan fingerprint density at radius 3 is 2.80 bits per heavy atom. The normalized spacial score (nSPS) is 11.9. The van der Waals surface area contributed by atoms with Gasteiger partial charge in [-0.2, -0.15) is 0 Å². The van der Waals surface area contributed by atoms with Crippen LogP contribution in [0, 0.1) is 0 Å². The van der Waals surface area contributed by atoms with Gasteiger partial charge in [-0.3, -0.25) is 0 Å². The second kappa shape index (κ2) is 5.48. The Hall–Kier alpha value is -2.24. The first-order valence-electron chi connectivity index (χ1n) is 4.13. The largest absolute Gasteiger partial charge is 0.485 e. The summed E-state index contributed by atoms with van der Waals surface area (Å²) in [5, 5.41) is 22.4. The van der Waals surface area contributed by atoms with Gasteiger partial charge in [-0.05, 0) is 12.1 Å². The second-order valence-electron chi connectivity index (χ2n) is 2.66. The Bertz CT molecular complexity index is 377. The van der Waals surface area contributed by atoms with Gasteiger partial charge in [0.2, 0.25) is 0 Å². The zero-order chi connectivity index (χ0) is 11.1. The standard InChI is InChI=1S/C9H11N3O3/c10-9(12-14)6-15-8-4-2-1-3-7(8)5-11-13/h1-5,13-14H,6H2,(H2,10,12). The number of hydrogen-bond acceptors (Lipinski definition) is 5. The van der Waals surface area contributed by atoms with Crippen LogP contribution >= 0.6 is 0 Å². The highest BCUT2D eigenvalue weighted by atomic mass is 16.5. The molecule has 1 aromatic rings. The molecule has 6 heteroatoms. The molecule has 0 aromatic heterocycles. The molecule has 0 saturated carbocycles. The molecule has 1 aromatic carbocycles. The molecule has 0 spiro atoms. The van der Waals surface area contributed by atoms with Crippen LogP contribution in [-0.2, 0) is 0 Å². The fourth-order valence-corrected chi connectivity index (χ4v) is 0.961. The van der Waals surface area contributed by atoms with Gasteiger partial charge >= 0.3 is 0 Å². The zero-order valence-electron chi connectivity index (χ0n) is 7.87. The number of para-hydroxylation sites is 1. The minimum Gasteiger partial charge on any atom is -0.485 e. The van der Waals surface area contributed by atoms with Gasteiger partial charge in [0.05, 0.1) is 6.21 Å². The smallest absolute Gasteiger partial charge is 0.177 e. The number of benzene rings is 1. The van der Waals surface area contributed by atoms with Crippen LogP contribution < -0.4 is 10.5 Å². The highest BCUT2D eigenvalue weighted by molar-refractivity contribution is 5.84. The van der Waals surface area contributed by atoms with Crippen molar-refractivity contribution in [2.24, 2.45) is 16.0 Å². The molecule has 80 valence electrons. The van der Waals surface area contributed by atoms with E-state index in [1.54, 1.807) is 24.3 Å². The lowest BCUT2D eigenvalue weighted by Crippen LogP contribution is -2.21. The van der Waals surface area contributed by atoms with Gasteiger partial charge in [-0.25, -0.2) is 0 Å². The van der Waals surface area contributed by atoms with Crippen molar-refractivity contribution in [2.75, 3.05) is 6.61 Å². The average molecular weight is 209 g/mol. The van der Waals surface area contributed by atoms with E-state index in [0.717, 1.165) is 0 Å². The molecule has 6 nitrogen and oxygen atoms in total. The van der Waals surface area contributed by atoms with E-state index in [1.807, 2.05) is 0 Å². The molecular weight excluding hydrogens is 198 g/mol. The molecule has 0 atom stereocenters. The van der Waals surface area contributed by atoms with Gasteiger partial charge in [0.25, 0.3) is 0 Å². The molecule has 0 aliphatic rings. The van der Waals surface area contributed by atoms with Crippen LogP contribution in [0.25, 0.3) is 0 Å². The molecule has 0 saturated heterocycles. The summed E-state index contributed by atoms with van der Waals surface area (Å²) in [5.41, 5.74) is 5.84. The molecule has 4 N–H and O–H groups in total.